The first-order chi connectivity index (χ1) is 11.1. The van der Waals surface area contributed by atoms with Crippen LogP contribution in [0.3, 0.4) is 0 Å². The van der Waals surface area contributed by atoms with Gasteiger partial charge in [0, 0.05) is 21.4 Å². The molecule has 0 aliphatic rings. The van der Waals surface area contributed by atoms with Gasteiger partial charge in [-0.1, -0.05) is 55.5 Å². The molecule has 0 fully saturated rings. The summed E-state index contributed by atoms with van der Waals surface area (Å²) < 4.78 is 0. The molecule has 0 radical (unpaired) electrons. The Balaban J connectivity index is 2.45. The molecule has 3 rings (SSSR count). The number of aromatic carboxylic acids is 1. The van der Waals surface area contributed by atoms with Crippen LogP contribution < -0.4 is 5.11 Å². The number of fused-ring (bicyclic) bond motifs is 1. The minimum atomic E-state index is -1.16. The Morgan fingerprint density at radius 2 is 1.87 bits per heavy atom. The molecule has 0 N–H and O–H groups in total. The number of para-hydroxylation sites is 1. The van der Waals surface area contributed by atoms with Gasteiger partial charge in [0.15, 0.2) is 0 Å². The Bertz CT molecular complexity index is 875. The van der Waals surface area contributed by atoms with Gasteiger partial charge >= 0.3 is 0 Å². The summed E-state index contributed by atoms with van der Waals surface area (Å²) in [5, 5.41) is 12.5. The summed E-state index contributed by atoms with van der Waals surface area (Å²) in [6.45, 7) is 3.94. The average Bonchev–Trinajstić information content (AvgIpc) is 2.55. The summed E-state index contributed by atoms with van der Waals surface area (Å²) in [4.78, 5) is 17.3. The lowest BCUT2D eigenvalue weighted by Crippen LogP contribution is -2.24. The van der Waals surface area contributed by atoms with Crippen LogP contribution in [0.15, 0.2) is 53.4 Å². The normalized spacial score (nSPS) is 10.9. The molecule has 0 amide bonds. The maximum absolute atomic E-state index is 11.9. The third-order valence-corrected chi connectivity index (χ3v) is 4.69. The Morgan fingerprint density at radius 3 is 2.52 bits per heavy atom. The fraction of sp³-hybridized carbons (Fsp3) is 0.158. The van der Waals surface area contributed by atoms with Crippen LogP contribution in [0.5, 0.6) is 0 Å². The summed E-state index contributed by atoms with van der Waals surface area (Å²) >= 11 is 1.49. The van der Waals surface area contributed by atoms with Crippen molar-refractivity contribution in [1.29, 1.82) is 0 Å². The van der Waals surface area contributed by atoms with Gasteiger partial charge in [-0.05, 0) is 18.2 Å². The van der Waals surface area contributed by atoms with Crippen molar-refractivity contribution in [2.45, 2.75) is 18.7 Å². The Labute approximate surface area is 139 Å². The van der Waals surface area contributed by atoms with Crippen molar-refractivity contribution < 1.29 is 9.90 Å². The Hall–Kier alpha value is -2.33. The zero-order valence-corrected chi connectivity index (χ0v) is 13.8. The molecule has 0 aliphatic heterocycles. The van der Waals surface area contributed by atoms with E-state index in [1.54, 1.807) is 6.07 Å². The van der Waals surface area contributed by atoms with Crippen LogP contribution >= 0.6 is 11.8 Å². The summed E-state index contributed by atoms with van der Waals surface area (Å²) in [5.74, 6) is -0.393. The van der Waals surface area contributed by atoms with Gasteiger partial charge in [0.2, 0.25) is 0 Å². The second kappa shape index (κ2) is 6.42. The highest BCUT2D eigenvalue weighted by Gasteiger charge is 2.18. The van der Waals surface area contributed by atoms with Gasteiger partial charge in [0.05, 0.1) is 17.2 Å². The number of thioether (sulfide) groups is 1. The fourth-order valence-corrected chi connectivity index (χ4v) is 3.62. The van der Waals surface area contributed by atoms with Crippen LogP contribution in [0.2, 0.25) is 0 Å². The van der Waals surface area contributed by atoms with E-state index in [1.165, 1.54) is 11.8 Å². The standard InChI is InChI=1S/C19H17NO2S/c1-3-23-18-15(19(21)22)14-11-7-8-12(2)16(14)20-17(18)13-9-5-4-6-10-13/h4-11H,3H2,1-2H3,(H,21,22)/p-1. The quantitative estimate of drug-likeness (QED) is 0.688. The van der Waals surface area contributed by atoms with Crippen molar-refractivity contribution in [3.63, 3.8) is 0 Å². The smallest absolute Gasteiger partial charge is 0.0852 e. The zero-order valence-electron chi connectivity index (χ0n) is 13.0. The number of benzene rings is 2. The second-order valence-electron chi connectivity index (χ2n) is 5.22. The van der Waals surface area contributed by atoms with Gasteiger partial charge in [-0.25, -0.2) is 4.98 Å². The first-order valence-corrected chi connectivity index (χ1v) is 8.45. The molecule has 4 heteroatoms. The summed E-state index contributed by atoms with van der Waals surface area (Å²) in [5.41, 5.74) is 3.53. The van der Waals surface area contributed by atoms with Crippen molar-refractivity contribution in [3.05, 3.63) is 59.7 Å². The monoisotopic (exact) mass is 322 g/mol. The van der Waals surface area contributed by atoms with Crippen LogP contribution in [-0.2, 0) is 0 Å². The summed E-state index contributed by atoms with van der Waals surface area (Å²) in [6.07, 6.45) is 0. The van der Waals surface area contributed by atoms with E-state index < -0.39 is 5.97 Å². The van der Waals surface area contributed by atoms with Gasteiger partial charge in [-0.2, -0.15) is 0 Å². The van der Waals surface area contributed by atoms with Gasteiger partial charge in [0.25, 0.3) is 0 Å². The van der Waals surface area contributed by atoms with Gasteiger partial charge in [0.1, 0.15) is 0 Å². The second-order valence-corrected chi connectivity index (χ2v) is 6.50. The highest BCUT2D eigenvalue weighted by Crippen LogP contribution is 2.37. The lowest BCUT2D eigenvalue weighted by molar-refractivity contribution is -0.255. The molecule has 0 atom stereocenters. The predicted octanol–water partition coefficient (Wildman–Crippen LogP) is 3.69. The Morgan fingerprint density at radius 1 is 1.13 bits per heavy atom. The molecule has 3 nitrogen and oxygen atoms in total. The highest BCUT2D eigenvalue weighted by atomic mass is 32.2. The first-order valence-electron chi connectivity index (χ1n) is 7.46. The molecule has 0 bridgehead atoms. The molecule has 1 aromatic heterocycles. The fourth-order valence-electron chi connectivity index (χ4n) is 2.69. The number of carbonyl (C=O) groups excluding carboxylic acids is 1. The SMILES string of the molecule is CCSc1c(-c2ccccc2)nc2c(C)cccc2c1C(=O)[O-]. The van der Waals surface area contributed by atoms with E-state index in [4.69, 9.17) is 4.98 Å². The van der Waals surface area contributed by atoms with E-state index in [-0.39, 0.29) is 5.56 Å². The average molecular weight is 322 g/mol. The largest absolute Gasteiger partial charge is 0.545 e. The van der Waals surface area contributed by atoms with Crippen molar-refractivity contribution in [3.8, 4) is 11.3 Å². The number of aryl methyl sites for hydroxylation is 1. The molecule has 1 heterocycles. The van der Waals surface area contributed by atoms with Crippen molar-refractivity contribution in [1.82, 2.24) is 4.98 Å². The van der Waals surface area contributed by atoms with Crippen LogP contribution in [0.1, 0.15) is 22.8 Å². The molecule has 23 heavy (non-hydrogen) atoms. The number of carboxylic acids is 1. The first kappa shape index (κ1) is 15.6. The number of pyridine rings is 1. The van der Waals surface area contributed by atoms with Gasteiger partial charge in [-0.3, -0.25) is 0 Å². The van der Waals surface area contributed by atoms with Gasteiger partial charge < -0.3 is 9.90 Å². The van der Waals surface area contributed by atoms with Crippen molar-refractivity contribution in [2.75, 3.05) is 5.75 Å². The maximum atomic E-state index is 11.9. The van der Waals surface area contributed by atoms with Crippen LogP contribution in [0.4, 0.5) is 0 Å². The lowest BCUT2D eigenvalue weighted by atomic mass is 10.0. The number of carboxylic acid groups (broad SMARTS) is 1. The number of carbonyl (C=O) groups is 1. The molecular weight excluding hydrogens is 306 g/mol. The molecule has 0 saturated heterocycles. The molecular formula is C19H16NO2S-. The topological polar surface area (TPSA) is 53.0 Å². The zero-order chi connectivity index (χ0) is 16.4. The predicted molar refractivity (Wildman–Crippen MR) is 92.6 cm³/mol. The van der Waals surface area contributed by atoms with Crippen molar-refractivity contribution >= 4 is 28.6 Å². The Kier molecular flexibility index (Phi) is 4.35. The number of aromatic nitrogens is 1. The molecule has 0 spiro atoms. The summed E-state index contributed by atoms with van der Waals surface area (Å²) in [6, 6.07) is 15.3. The molecule has 116 valence electrons. The van der Waals surface area contributed by atoms with E-state index >= 15 is 0 Å². The molecule has 0 aliphatic carbocycles. The van der Waals surface area contributed by atoms with E-state index in [2.05, 4.69) is 0 Å². The van der Waals surface area contributed by atoms with Crippen LogP contribution in [0.25, 0.3) is 22.2 Å². The molecule has 0 unspecified atom stereocenters. The third-order valence-electron chi connectivity index (χ3n) is 3.71. The third kappa shape index (κ3) is 2.82. The minimum absolute atomic E-state index is 0.240. The van der Waals surface area contributed by atoms with E-state index in [0.29, 0.717) is 21.5 Å². The highest BCUT2D eigenvalue weighted by molar-refractivity contribution is 7.99. The number of rotatable bonds is 4. The maximum Gasteiger partial charge on any atom is 0.0852 e. The van der Waals surface area contributed by atoms with E-state index in [0.717, 1.165) is 16.9 Å². The number of nitrogens with zero attached hydrogens (tertiary/aromatic N) is 1. The van der Waals surface area contributed by atoms with Gasteiger partial charge in [-0.15, -0.1) is 11.8 Å². The number of hydrogen-bond acceptors (Lipinski definition) is 4. The van der Waals surface area contributed by atoms with E-state index in [1.807, 2.05) is 56.3 Å². The van der Waals surface area contributed by atoms with Crippen molar-refractivity contribution in [2.24, 2.45) is 0 Å². The molecule has 2 aromatic carbocycles. The van der Waals surface area contributed by atoms with Crippen LogP contribution in [0, 0.1) is 6.92 Å². The molecule has 3 aromatic rings. The molecule has 0 saturated carbocycles. The lowest BCUT2D eigenvalue weighted by Gasteiger charge is -2.18. The van der Waals surface area contributed by atoms with E-state index in [9.17, 15) is 9.90 Å². The minimum Gasteiger partial charge on any atom is -0.545 e. The van der Waals surface area contributed by atoms with Crippen LogP contribution in [-0.4, -0.2) is 16.7 Å². The summed E-state index contributed by atoms with van der Waals surface area (Å²) in [7, 11) is 0. The number of hydrogen-bond donors (Lipinski definition) is 0.